The van der Waals surface area contributed by atoms with Gasteiger partial charge in [-0.25, -0.2) is 4.79 Å². The van der Waals surface area contributed by atoms with Gasteiger partial charge in [0, 0.05) is 0 Å². The van der Waals surface area contributed by atoms with Crippen molar-refractivity contribution in [3.63, 3.8) is 0 Å². The zero-order valence-corrected chi connectivity index (χ0v) is 12.1. The maximum absolute atomic E-state index is 11.2. The van der Waals surface area contributed by atoms with Crippen LogP contribution in [0.15, 0.2) is 27.4 Å². The average Bonchev–Trinajstić information content (AvgIpc) is 2.86. The molecule has 0 aliphatic carbocycles. The van der Waals surface area contributed by atoms with Gasteiger partial charge in [0.1, 0.15) is 0 Å². The number of hydrogen-bond acceptors (Lipinski definition) is 4. The van der Waals surface area contributed by atoms with E-state index in [0.29, 0.717) is 11.1 Å². The van der Waals surface area contributed by atoms with Crippen molar-refractivity contribution in [1.82, 2.24) is 4.98 Å². The van der Waals surface area contributed by atoms with Gasteiger partial charge < -0.3 is 13.7 Å². The lowest BCUT2D eigenvalue weighted by Crippen LogP contribution is -2.44. The lowest BCUT2D eigenvalue weighted by Gasteiger charge is -2.35. The molecule has 0 spiro atoms. The molecule has 1 atom stereocenters. The average molecular weight is 275 g/mol. The molecular formula is C14H18BNO4. The van der Waals surface area contributed by atoms with Crippen molar-refractivity contribution in [3.05, 3.63) is 28.7 Å². The second kappa shape index (κ2) is 4.23. The number of rotatable bonds is 2. The summed E-state index contributed by atoms with van der Waals surface area (Å²) >= 11 is 0. The number of nitrogens with one attached hydrogen (secondary N) is 1. The summed E-state index contributed by atoms with van der Waals surface area (Å²) < 4.78 is 17.2. The smallest absolute Gasteiger partial charge is 0.408 e. The summed E-state index contributed by atoms with van der Waals surface area (Å²) in [6.45, 7) is 8.22. The molecule has 1 aromatic heterocycles. The first-order valence-corrected chi connectivity index (χ1v) is 6.83. The first kappa shape index (κ1) is 13.5. The topological polar surface area (TPSA) is 64.5 Å². The molecule has 1 unspecified atom stereocenters. The van der Waals surface area contributed by atoms with Gasteiger partial charge in [0.05, 0.1) is 16.7 Å². The molecule has 0 saturated carbocycles. The van der Waals surface area contributed by atoms with Gasteiger partial charge in [-0.15, -0.1) is 0 Å². The van der Waals surface area contributed by atoms with Gasteiger partial charge in [0.2, 0.25) is 0 Å². The van der Waals surface area contributed by atoms with Crippen LogP contribution in [0.5, 0.6) is 0 Å². The molecule has 2 heterocycles. The number of aromatic amines is 1. The molecule has 5 nitrogen and oxygen atoms in total. The SMILES string of the molecule is CCC1(C)OB(c2ccc3oc(=O)[nH]c3c2)OC1(C)C. The summed E-state index contributed by atoms with van der Waals surface area (Å²) in [7, 11) is -0.433. The fraction of sp³-hybridized carbons (Fsp3) is 0.500. The summed E-state index contributed by atoms with van der Waals surface area (Å²) in [5.74, 6) is -0.455. The van der Waals surface area contributed by atoms with E-state index in [9.17, 15) is 4.79 Å². The number of hydrogen-bond donors (Lipinski definition) is 1. The highest BCUT2D eigenvalue weighted by atomic mass is 16.7. The first-order valence-electron chi connectivity index (χ1n) is 6.83. The van der Waals surface area contributed by atoms with Crippen molar-refractivity contribution < 1.29 is 13.7 Å². The Morgan fingerprint density at radius 3 is 2.65 bits per heavy atom. The summed E-state index contributed by atoms with van der Waals surface area (Å²) in [4.78, 5) is 13.8. The minimum absolute atomic E-state index is 0.337. The first-order chi connectivity index (χ1) is 9.34. The highest BCUT2D eigenvalue weighted by molar-refractivity contribution is 6.62. The predicted octanol–water partition coefficient (Wildman–Crippen LogP) is 1.81. The van der Waals surface area contributed by atoms with Gasteiger partial charge in [-0.1, -0.05) is 13.0 Å². The van der Waals surface area contributed by atoms with E-state index < -0.39 is 12.9 Å². The summed E-state index contributed by atoms with van der Waals surface area (Å²) in [5, 5.41) is 0. The van der Waals surface area contributed by atoms with Gasteiger partial charge in [-0.3, -0.25) is 4.98 Å². The number of aromatic nitrogens is 1. The molecule has 1 N–H and O–H groups in total. The molecular weight excluding hydrogens is 257 g/mol. The Morgan fingerprint density at radius 1 is 1.25 bits per heavy atom. The maximum Gasteiger partial charge on any atom is 0.494 e. The predicted molar refractivity (Wildman–Crippen MR) is 77.2 cm³/mol. The molecule has 1 aromatic carbocycles. The van der Waals surface area contributed by atoms with E-state index in [0.717, 1.165) is 11.9 Å². The van der Waals surface area contributed by atoms with Crippen LogP contribution in [0.25, 0.3) is 11.1 Å². The van der Waals surface area contributed by atoms with Crippen LogP contribution in [-0.2, 0) is 9.31 Å². The number of fused-ring (bicyclic) bond motifs is 1. The van der Waals surface area contributed by atoms with Gasteiger partial charge in [0.25, 0.3) is 0 Å². The zero-order valence-electron chi connectivity index (χ0n) is 12.1. The van der Waals surface area contributed by atoms with Crippen LogP contribution in [0.1, 0.15) is 34.1 Å². The molecule has 1 aliphatic rings. The maximum atomic E-state index is 11.2. The van der Waals surface area contributed by atoms with E-state index in [1.807, 2.05) is 26.0 Å². The number of oxazole rings is 1. The highest BCUT2D eigenvalue weighted by Gasteiger charge is 2.53. The van der Waals surface area contributed by atoms with E-state index in [2.05, 4.69) is 18.8 Å². The molecule has 1 aliphatic heterocycles. The Kier molecular flexibility index (Phi) is 2.85. The van der Waals surface area contributed by atoms with Crippen LogP contribution >= 0.6 is 0 Å². The molecule has 1 saturated heterocycles. The third kappa shape index (κ3) is 1.91. The lowest BCUT2D eigenvalue weighted by molar-refractivity contribution is -0.0118. The largest absolute Gasteiger partial charge is 0.494 e. The van der Waals surface area contributed by atoms with Gasteiger partial charge >= 0.3 is 12.9 Å². The van der Waals surface area contributed by atoms with E-state index >= 15 is 0 Å². The Balaban J connectivity index is 1.98. The molecule has 1 fully saturated rings. The molecule has 0 bridgehead atoms. The van der Waals surface area contributed by atoms with Crippen molar-refractivity contribution in [2.45, 2.75) is 45.3 Å². The van der Waals surface area contributed by atoms with Crippen LogP contribution in [0, 0.1) is 0 Å². The normalized spacial score (nSPS) is 25.5. The minimum Gasteiger partial charge on any atom is -0.408 e. The quantitative estimate of drug-likeness (QED) is 0.849. The molecule has 2 aromatic rings. The van der Waals surface area contributed by atoms with Crippen molar-refractivity contribution >= 4 is 23.7 Å². The van der Waals surface area contributed by atoms with Gasteiger partial charge in [0.15, 0.2) is 5.58 Å². The van der Waals surface area contributed by atoms with Crippen molar-refractivity contribution in [2.24, 2.45) is 0 Å². The zero-order chi connectivity index (χ0) is 14.5. The van der Waals surface area contributed by atoms with Crippen molar-refractivity contribution in [2.75, 3.05) is 0 Å². The minimum atomic E-state index is -0.455. The molecule has 3 rings (SSSR count). The Bertz CT molecular complexity index is 705. The molecule has 6 heteroatoms. The fourth-order valence-corrected chi connectivity index (χ4v) is 2.56. The number of benzene rings is 1. The Labute approximate surface area is 117 Å². The Hall–Kier alpha value is -1.53. The number of H-pyrrole nitrogens is 1. The highest BCUT2D eigenvalue weighted by Crippen LogP contribution is 2.39. The van der Waals surface area contributed by atoms with Crippen LogP contribution in [0.4, 0.5) is 0 Å². The third-order valence-electron chi connectivity index (χ3n) is 4.43. The van der Waals surface area contributed by atoms with E-state index in [-0.39, 0.29) is 11.2 Å². The van der Waals surface area contributed by atoms with Gasteiger partial charge in [-0.05, 0) is 44.8 Å². The monoisotopic (exact) mass is 275 g/mol. The van der Waals surface area contributed by atoms with E-state index in [4.69, 9.17) is 13.7 Å². The summed E-state index contributed by atoms with van der Waals surface area (Å²) in [6, 6.07) is 5.45. The van der Waals surface area contributed by atoms with Crippen molar-refractivity contribution in [1.29, 1.82) is 0 Å². The molecule has 0 radical (unpaired) electrons. The summed E-state index contributed by atoms with van der Waals surface area (Å²) in [6.07, 6.45) is 0.862. The fourth-order valence-electron chi connectivity index (χ4n) is 2.56. The third-order valence-corrected chi connectivity index (χ3v) is 4.43. The van der Waals surface area contributed by atoms with Crippen LogP contribution in [0.3, 0.4) is 0 Å². The second-order valence-electron chi connectivity index (χ2n) is 5.93. The molecule has 0 amide bonds. The molecule has 106 valence electrons. The van der Waals surface area contributed by atoms with Crippen LogP contribution < -0.4 is 11.2 Å². The lowest BCUT2D eigenvalue weighted by atomic mass is 9.79. The standard InChI is InChI=1S/C14H18BNO4/c1-5-14(4)13(2,3)19-15(20-14)9-6-7-11-10(8-9)16-12(17)18-11/h6-8H,5H2,1-4H3,(H,16,17). The van der Waals surface area contributed by atoms with Crippen LogP contribution in [0.2, 0.25) is 0 Å². The molecule has 20 heavy (non-hydrogen) atoms. The van der Waals surface area contributed by atoms with E-state index in [1.54, 1.807) is 6.07 Å². The summed E-state index contributed by atoms with van der Waals surface area (Å²) in [5.41, 5.74) is 1.36. The van der Waals surface area contributed by atoms with Crippen LogP contribution in [-0.4, -0.2) is 23.3 Å². The van der Waals surface area contributed by atoms with E-state index in [1.165, 1.54) is 0 Å². The second-order valence-corrected chi connectivity index (χ2v) is 5.93. The van der Waals surface area contributed by atoms with Crippen molar-refractivity contribution in [3.8, 4) is 0 Å². The Morgan fingerprint density at radius 2 is 2.00 bits per heavy atom. The van der Waals surface area contributed by atoms with Gasteiger partial charge in [-0.2, -0.15) is 0 Å².